The van der Waals surface area contributed by atoms with Gasteiger partial charge in [0.2, 0.25) is 0 Å². The van der Waals surface area contributed by atoms with Crippen LogP contribution in [0.1, 0.15) is 6.23 Å². The van der Waals surface area contributed by atoms with Crippen molar-refractivity contribution >= 4 is 29.3 Å². The molecule has 0 spiro atoms. The smallest absolute Gasteiger partial charge is 0.200 e. The Morgan fingerprint density at radius 1 is 1.45 bits per heavy atom. The third kappa shape index (κ3) is 1.89. The molecule has 2 aromatic heterocycles. The molecule has 1 aliphatic rings. The summed E-state index contributed by atoms with van der Waals surface area (Å²) in [5.41, 5.74) is 6.44. The normalized spacial score (nSPS) is 30.1. The second kappa shape index (κ2) is 4.75. The van der Waals surface area contributed by atoms with Gasteiger partial charge >= 0.3 is 0 Å². The van der Waals surface area contributed by atoms with Gasteiger partial charge in [0.25, 0.3) is 0 Å². The van der Waals surface area contributed by atoms with E-state index in [2.05, 4.69) is 15.0 Å². The molecule has 20 heavy (non-hydrogen) atoms. The molecular formula is C10H13N5O4S. The Hall–Kier alpha value is -1.59. The van der Waals surface area contributed by atoms with E-state index in [1.54, 1.807) is 0 Å². The van der Waals surface area contributed by atoms with E-state index >= 15 is 0 Å². The van der Waals surface area contributed by atoms with Gasteiger partial charge in [-0.15, -0.1) is 0 Å². The number of hydrogen-bond acceptors (Lipinski definition) is 8. The average Bonchev–Trinajstić information content (AvgIpc) is 2.93. The predicted molar refractivity (Wildman–Crippen MR) is 70.1 cm³/mol. The molecule has 1 aliphatic heterocycles. The van der Waals surface area contributed by atoms with Crippen LogP contribution in [0.15, 0.2) is 6.33 Å². The molecule has 1 fully saturated rings. The number of nitrogen functional groups attached to an aromatic ring is 1. The summed E-state index contributed by atoms with van der Waals surface area (Å²) < 4.78 is 7.11. The summed E-state index contributed by atoms with van der Waals surface area (Å²) in [6.45, 7) is -0.402. The zero-order chi connectivity index (χ0) is 14.4. The lowest BCUT2D eigenvalue weighted by Crippen LogP contribution is -2.33. The quantitative estimate of drug-likeness (QED) is 0.430. The molecule has 3 rings (SSSR count). The van der Waals surface area contributed by atoms with Crippen LogP contribution in [0, 0.1) is 4.64 Å². The van der Waals surface area contributed by atoms with E-state index in [4.69, 9.17) is 27.8 Å². The molecule has 2 aromatic rings. The van der Waals surface area contributed by atoms with Crippen molar-refractivity contribution in [2.45, 2.75) is 24.5 Å². The van der Waals surface area contributed by atoms with Crippen LogP contribution in [-0.4, -0.2) is 59.8 Å². The summed E-state index contributed by atoms with van der Waals surface area (Å²) >= 11 is 5.05. The van der Waals surface area contributed by atoms with Gasteiger partial charge in [-0.2, -0.15) is 0 Å². The van der Waals surface area contributed by atoms with Gasteiger partial charge in [0.1, 0.15) is 29.5 Å². The maximum Gasteiger partial charge on any atom is 0.200 e. The van der Waals surface area contributed by atoms with Crippen LogP contribution < -0.4 is 5.73 Å². The predicted octanol–water partition coefficient (Wildman–Crippen LogP) is -1.32. The van der Waals surface area contributed by atoms with Crippen molar-refractivity contribution in [1.82, 2.24) is 19.5 Å². The number of nitrogens with zero attached hydrogens (tertiary/aromatic N) is 3. The summed E-state index contributed by atoms with van der Waals surface area (Å²) in [5.74, 6) is 0.107. The van der Waals surface area contributed by atoms with Crippen LogP contribution in [0.2, 0.25) is 0 Å². The van der Waals surface area contributed by atoms with Crippen molar-refractivity contribution in [2.24, 2.45) is 0 Å². The van der Waals surface area contributed by atoms with Crippen LogP contribution in [0.4, 0.5) is 5.95 Å². The number of rotatable bonds is 2. The number of nitrogens with one attached hydrogen (secondary N) is 1. The Bertz CT molecular complexity index is 701. The highest BCUT2D eigenvalue weighted by molar-refractivity contribution is 7.71. The number of aromatic amines is 1. The first-order valence-electron chi connectivity index (χ1n) is 5.87. The highest BCUT2D eigenvalue weighted by atomic mass is 32.1. The molecule has 0 bridgehead atoms. The minimum atomic E-state index is -1.21. The van der Waals surface area contributed by atoms with Gasteiger partial charge in [-0.1, -0.05) is 12.2 Å². The third-order valence-electron chi connectivity index (χ3n) is 3.26. The lowest BCUT2D eigenvalue weighted by molar-refractivity contribution is -0.0511. The minimum Gasteiger partial charge on any atom is -0.394 e. The molecule has 4 atom stereocenters. The number of aromatic nitrogens is 4. The summed E-state index contributed by atoms with van der Waals surface area (Å²) in [6, 6.07) is 0. The third-order valence-corrected chi connectivity index (χ3v) is 3.54. The van der Waals surface area contributed by atoms with Crippen LogP contribution in [0.5, 0.6) is 0 Å². The van der Waals surface area contributed by atoms with Crippen LogP contribution in [0.25, 0.3) is 11.2 Å². The number of aliphatic hydroxyl groups is 3. The molecular weight excluding hydrogens is 286 g/mol. The van der Waals surface area contributed by atoms with Crippen LogP contribution in [-0.2, 0) is 4.74 Å². The molecule has 6 N–H and O–H groups in total. The van der Waals surface area contributed by atoms with Gasteiger partial charge in [-0.25, -0.2) is 9.97 Å². The minimum absolute atomic E-state index is 0.107. The molecule has 1 saturated heterocycles. The van der Waals surface area contributed by atoms with Crippen molar-refractivity contribution in [3.63, 3.8) is 0 Å². The average molecular weight is 299 g/mol. The summed E-state index contributed by atoms with van der Waals surface area (Å²) in [4.78, 5) is 10.8. The molecule has 10 heteroatoms. The van der Waals surface area contributed by atoms with Crippen molar-refractivity contribution in [3.8, 4) is 0 Å². The number of ether oxygens (including phenoxy) is 1. The molecule has 0 aromatic carbocycles. The first-order valence-corrected chi connectivity index (χ1v) is 6.28. The van der Waals surface area contributed by atoms with E-state index < -0.39 is 31.1 Å². The van der Waals surface area contributed by atoms with Gasteiger partial charge in [-0.05, 0) is 0 Å². The number of nitrogens with two attached hydrogens (primary N) is 1. The number of fused-ring (bicyclic) bond motifs is 1. The summed E-state index contributed by atoms with van der Waals surface area (Å²) in [7, 11) is 0. The van der Waals surface area contributed by atoms with E-state index in [0.29, 0.717) is 11.2 Å². The van der Waals surface area contributed by atoms with E-state index in [0.717, 1.165) is 0 Å². The summed E-state index contributed by atoms with van der Waals surface area (Å²) in [5, 5.41) is 28.9. The number of hydrogen-bond donors (Lipinski definition) is 5. The maximum absolute atomic E-state index is 10.0. The largest absolute Gasteiger partial charge is 0.394 e. The molecule has 9 nitrogen and oxygen atoms in total. The Balaban J connectivity index is 2.09. The van der Waals surface area contributed by atoms with Crippen molar-refractivity contribution < 1.29 is 20.1 Å². The molecule has 0 radical (unpaired) electrons. The highest BCUT2D eigenvalue weighted by Crippen LogP contribution is 2.31. The fourth-order valence-corrected chi connectivity index (χ4v) is 2.50. The molecule has 108 valence electrons. The lowest BCUT2D eigenvalue weighted by atomic mass is 10.1. The van der Waals surface area contributed by atoms with Crippen molar-refractivity contribution in [2.75, 3.05) is 12.3 Å². The number of anilines is 1. The molecule has 0 saturated carbocycles. The van der Waals surface area contributed by atoms with E-state index in [1.165, 1.54) is 10.9 Å². The Morgan fingerprint density at radius 2 is 2.20 bits per heavy atom. The number of imidazole rings is 1. The second-order valence-corrected chi connectivity index (χ2v) is 4.89. The van der Waals surface area contributed by atoms with Gasteiger partial charge in [0.15, 0.2) is 16.8 Å². The Labute approximate surface area is 117 Å². The van der Waals surface area contributed by atoms with Crippen LogP contribution >= 0.6 is 12.2 Å². The van der Waals surface area contributed by atoms with Crippen LogP contribution in [0.3, 0.4) is 0 Å². The zero-order valence-corrected chi connectivity index (χ0v) is 11.0. The van der Waals surface area contributed by atoms with Crippen molar-refractivity contribution in [3.05, 3.63) is 11.0 Å². The first kappa shape index (κ1) is 13.4. The van der Waals surface area contributed by atoms with Crippen molar-refractivity contribution in [1.29, 1.82) is 0 Å². The molecule has 0 amide bonds. The SMILES string of the molecule is Nc1nc(=S)c2ncn([C@@H]3O[C@H](CO)[C@H](O)[C@@H]3O)c2[nH]1. The molecule has 3 heterocycles. The molecule has 0 unspecified atom stereocenters. The van der Waals surface area contributed by atoms with Gasteiger partial charge < -0.3 is 30.8 Å². The maximum atomic E-state index is 10.0. The number of aliphatic hydroxyl groups excluding tert-OH is 3. The Morgan fingerprint density at radius 3 is 2.85 bits per heavy atom. The fourth-order valence-electron chi connectivity index (χ4n) is 2.26. The van der Waals surface area contributed by atoms with E-state index in [9.17, 15) is 10.2 Å². The van der Waals surface area contributed by atoms with E-state index in [1.807, 2.05) is 0 Å². The lowest BCUT2D eigenvalue weighted by Gasteiger charge is -2.16. The standard InChI is InChI=1S/C10H13N5O4S/c11-10-13-7-4(8(20)14-10)12-2-15(7)9-6(18)5(17)3(1-16)19-9/h2-3,5-6,9,16-18H,1H2,(H3,11,13,14,20)/t3-,5+,6+,9-/m1/s1. The Kier molecular flexibility index (Phi) is 3.18. The highest BCUT2D eigenvalue weighted by Gasteiger charge is 2.43. The summed E-state index contributed by atoms with van der Waals surface area (Å²) in [6.07, 6.45) is -2.77. The molecule has 0 aliphatic carbocycles. The van der Waals surface area contributed by atoms with Gasteiger partial charge in [0.05, 0.1) is 12.9 Å². The van der Waals surface area contributed by atoms with E-state index in [-0.39, 0.29) is 10.6 Å². The topological polar surface area (TPSA) is 142 Å². The fraction of sp³-hybridized carbons (Fsp3) is 0.500. The zero-order valence-electron chi connectivity index (χ0n) is 10.2. The second-order valence-electron chi connectivity index (χ2n) is 4.51. The monoisotopic (exact) mass is 299 g/mol. The van der Waals surface area contributed by atoms with Gasteiger partial charge in [-0.3, -0.25) is 4.57 Å². The number of H-pyrrole nitrogens is 1. The van der Waals surface area contributed by atoms with Gasteiger partial charge in [0, 0.05) is 0 Å². The first-order chi connectivity index (χ1) is 9.52.